The number of hydrogen-bond donors (Lipinski definition) is 1. The molecule has 2 rings (SSSR count). The molecule has 1 aromatic carbocycles. The number of benzene rings is 1. The maximum atomic E-state index is 6.24. The van der Waals surface area contributed by atoms with Gasteiger partial charge in [-0.1, -0.05) is 36.7 Å². The van der Waals surface area contributed by atoms with Crippen LogP contribution in [-0.4, -0.2) is 16.3 Å². The van der Waals surface area contributed by atoms with Crippen LogP contribution >= 0.6 is 11.6 Å². The zero-order valence-electron chi connectivity index (χ0n) is 10.0. The van der Waals surface area contributed by atoms with Crippen LogP contribution in [0.4, 0.5) is 0 Å². The van der Waals surface area contributed by atoms with Gasteiger partial charge in [0.15, 0.2) is 0 Å². The molecule has 0 bridgehead atoms. The molecule has 3 nitrogen and oxygen atoms in total. The molecule has 1 atom stereocenters. The molecule has 1 unspecified atom stereocenters. The number of nitrogens with one attached hydrogen (secondary N) is 1. The van der Waals surface area contributed by atoms with Crippen LogP contribution in [0.2, 0.25) is 5.02 Å². The van der Waals surface area contributed by atoms with Crippen molar-refractivity contribution in [3.05, 3.63) is 52.8 Å². The van der Waals surface area contributed by atoms with Crippen LogP contribution in [0, 0.1) is 0 Å². The lowest BCUT2D eigenvalue weighted by atomic mass is 10.0. The minimum Gasteiger partial charge on any atom is -0.306 e. The van der Waals surface area contributed by atoms with Crippen molar-refractivity contribution in [3.8, 4) is 0 Å². The molecule has 0 amide bonds. The Hall–Kier alpha value is -1.32. The van der Waals surface area contributed by atoms with Crippen molar-refractivity contribution in [1.29, 1.82) is 0 Å². The molecule has 0 fully saturated rings. The summed E-state index contributed by atoms with van der Waals surface area (Å²) in [5.41, 5.74) is 2.21. The van der Waals surface area contributed by atoms with E-state index in [0.717, 1.165) is 22.7 Å². The van der Waals surface area contributed by atoms with Crippen molar-refractivity contribution in [3.63, 3.8) is 0 Å². The van der Waals surface area contributed by atoms with Crippen molar-refractivity contribution in [2.45, 2.75) is 13.0 Å². The van der Waals surface area contributed by atoms with Gasteiger partial charge in [0.1, 0.15) is 0 Å². The van der Waals surface area contributed by atoms with Crippen LogP contribution in [0.1, 0.15) is 24.1 Å². The lowest BCUT2D eigenvalue weighted by Gasteiger charge is -2.18. The summed E-state index contributed by atoms with van der Waals surface area (Å²) >= 11 is 6.24. The second-order valence-corrected chi connectivity index (χ2v) is 4.37. The summed E-state index contributed by atoms with van der Waals surface area (Å²) in [4.78, 5) is 0. The highest BCUT2D eigenvalue weighted by atomic mass is 35.5. The van der Waals surface area contributed by atoms with Crippen molar-refractivity contribution >= 4 is 11.6 Å². The number of nitrogens with zero attached hydrogens (tertiary/aromatic N) is 2. The minimum absolute atomic E-state index is 0.0994. The van der Waals surface area contributed by atoms with E-state index >= 15 is 0 Å². The Balaban J connectivity index is 2.39. The third-order valence-electron chi connectivity index (χ3n) is 2.68. The lowest BCUT2D eigenvalue weighted by Crippen LogP contribution is -2.21. The molecule has 1 heterocycles. The zero-order valence-corrected chi connectivity index (χ0v) is 10.8. The van der Waals surface area contributed by atoms with Crippen LogP contribution in [-0.2, 0) is 7.05 Å². The van der Waals surface area contributed by atoms with Gasteiger partial charge in [0.2, 0.25) is 0 Å². The van der Waals surface area contributed by atoms with Crippen molar-refractivity contribution in [2.24, 2.45) is 7.05 Å². The van der Waals surface area contributed by atoms with E-state index in [2.05, 4.69) is 17.3 Å². The Morgan fingerprint density at radius 2 is 2.18 bits per heavy atom. The van der Waals surface area contributed by atoms with E-state index in [-0.39, 0.29) is 6.04 Å². The summed E-state index contributed by atoms with van der Waals surface area (Å²) in [7, 11) is 1.92. The topological polar surface area (TPSA) is 29.9 Å². The van der Waals surface area contributed by atoms with Crippen molar-refractivity contribution < 1.29 is 0 Å². The summed E-state index contributed by atoms with van der Waals surface area (Å²) in [5.74, 6) is 0. The fourth-order valence-electron chi connectivity index (χ4n) is 1.91. The minimum atomic E-state index is 0.0994. The molecule has 1 aromatic heterocycles. The largest absolute Gasteiger partial charge is 0.306 e. The predicted octanol–water partition coefficient (Wildman–Crippen LogP) is 2.77. The SMILES string of the molecule is CCNC(c1cnn(C)c1)c1ccccc1Cl. The van der Waals surface area contributed by atoms with Gasteiger partial charge >= 0.3 is 0 Å². The highest BCUT2D eigenvalue weighted by molar-refractivity contribution is 6.31. The molecule has 0 saturated heterocycles. The summed E-state index contributed by atoms with van der Waals surface area (Å²) in [6.45, 7) is 2.96. The Kier molecular flexibility index (Phi) is 3.82. The van der Waals surface area contributed by atoms with Gasteiger partial charge in [0.05, 0.1) is 12.2 Å². The quantitative estimate of drug-likeness (QED) is 0.903. The maximum Gasteiger partial charge on any atom is 0.0622 e. The van der Waals surface area contributed by atoms with Gasteiger partial charge in [-0.25, -0.2) is 0 Å². The second-order valence-electron chi connectivity index (χ2n) is 3.96. The number of aryl methyl sites for hydroxylation is 1. The molecule has 0 saturated carbocycles. The average Bonchev–Trinajstić information content (AvgIpc) is 2.74. The summed E-state index contributed by atoms with van der Waals surface area (Å²) in [6.07, 6.45) is 3.88. The van der Waals surface area contributed by atoms with Gasteiger partial charge in [-0.2, -0.15) is 5.10 Å². The first-order valence-electron chi connectivity index (χ1n) is 5.68. The highest BCUT2D eigenvalue weighted by Gasteiger charge is 2.16. The highest BCUT2D eigenvalue weighted by Crippen LogP contribution is 2.27. The first-order chi connectivity index (χ1) is 8.22. The summed E-state index contributed by atoms with van der Waals surface area (Å²) in [5, 5.41) is 8.42. The standard InChI is InChI=1S/C13H16ClN3/c1-3-15-13(10-8-16-17(2)9-10)11-6-4-5-7-12(11)14/h4-9,13,15H,3H2,1-2H3. The molecule has 1 N–H and O–H groups in total. The molecule has 0 aliphatic heterocycles. The average molecular weight is 250 g/mol. The van der Waals surface area contributed by atoms with E-state index in [4.69, 9.17) is 11.6 Å². The number of halogens is 1. The fourth-order valence-corrected chi connectivity index (χ4v) is 2.15. The van der Waals surface area contributed by atoms with E-state index < -0.39 is 0 Å². The molecule has 0 radical (unpaired) electrons. The van der Waals surface area contributed by atoms with Crippen LogP contribution in [0.25, 0.3) is 0 Å². The normalized spacial score (nSPS) is 12.6. The Morgan fingerprint density at radius 3 is 2.76 bits per heavy atom. The van der Waals surface area contributed by atoms with Gasteiger partial charge in [-0.15, -0.1) is 0 Å². The van der Waals surface area contributed by atoms with Crippen LogP contribution in [0.15, 0.2) is 36.7 Å². The fraction of sp³-hybridized carbons (Fsp3) is 0.308. The van der Waals surface area contributed by atoms with E-state index in [0.29, 0.717) is 0 Å². The number of hydrogen-bond acceptors (Lipinski definition) is 2. The molecule has 0 spiro atoms. The van der Waals surface area contributed by atoms with Crippen molar-refractivity contribution in [1.82, 2.24) is 15.1 Å². The molecule has 0 aliphatic carbocycles. The van der Waals surface area contributed by atoms with Gasteiger partial charge in [-0.05, 0) is 18.2 Å². The summed E-state index contributed by atoms with van der Waals surface area (Å²) < 4.78 is 1.80. The van der Waals surface area contributed by atoms with E-state index in [9.17, 15) is 0 Å². The number of aromatic nitrogens is 2. The first kappa shape index (κ1) is 12.1. The van der Waals surface area contributed by atoms with E-state index in [1.807, 2.05) is 43.7 Å². The van der Waals surface area contributed by atoms with Gasteiger partial charge in [-0.3, -0.25) is 4.68 Å². The summed E-state index contributed by atoms with van der Waals surface area (Å²) in [6, 6.07) is 8.00. The first-order valence-corrected chi connectivity index (χ1v) is 6.06. The Bertz CT molecular complexity index is 493. The van der Waals surface area contributed by atoms with E-state index in [1.165, 1.54) is 0 Å². The van der Waals surface area contributed by atoms with E-state index in [1.54, 1.807) is 4.68 Å². The lowest BCUT2D eigenvalue weighted by molar-refractivity contribution is 0.630. The van der Waals surface area contributed by atoms with Gasteiger partial charge in [0.25, 0.3) is 0 Å². The predicted molar refractivity (Wildman–Crippen MR) is 70.2 cm³/mol. The molecule has 0 aliphatic rings. The molecule has 4 heteroatoms. The van der Waals surface area contributed by atoms with Crippen molar-refractivity contribution in [2.75, 3.05) is 6.54 Å². The van der Waals surface area contributed by atoms with Crippen LogP contribution < -0.4 is 5.32 Å². The second kappa shape index (κ2) is 5.34. The molecule has 17 heavy (non-hydrogen) atoms. The Labute approximate surface area is 106 Å². The third kappa shape index (κ3) is 2.68. The molecule has 2 aromatic rings. The number of rotatable bonds is 4. The Morgan fingerprint density at radius 1 is 1.41 bits per heavy atom. The third-order valence-corrected chi connectivity index (χ3v) is 3.03. The maximum absolute atomic E-state index is 6.24. The van der Waals surface area contributed by atoms with Crippen LogP contribution in [0.3, 0.4) is 0 Å². The molecule has 90 valence electrons. The smallest absolute Gasteiger partial charge is 0.0622 e. The van der Waals surface area contributed by atoms with Gasteiger partial charge in [0, 0.05) is 23.8 Å². The van der Waals surface area contributed by atoms with Crippen LogP contribution in [0.5, 0.6) is 0 Å². The zero-order chi connectivity index (χ0) is 12.3. The molecular weight excluding hydrogens is 234 g/mol. The monoisotopic (exact) mass is 249 g/mol. The molecular formula is C13H16ClN3. The van der Waals surface area contributed by atoms with Gasteiger partial charge < -0.3 is 5.32 Å².